The van der Waals surface area contributed by atoms with Crippen molar-refractivity contribution >= 4 is 17.3 Å². The molecular formula is C10H8N2O3S. The van der Waals surface area contributed by atoms with Crippen LogP contribution in [0.15, 0.2) is 35.1 Å². The maximum atomic E-state index is 11.4. The molecular weight excluding hydrogens is 228 g/mol. The van der Waals surface area contributed by atoms with Gasteiger partial charge in [-0.05, 0) is 16.9 Å². The number of aromatic nitrogens is 2. The van der Waals surface area contributed by atoms with Crippen LogP contribution in [0.2, 0.25) is 0 Å². The van der Waals surface area contributed by atoms with Gasteiger partial charge in [-0.3, -0.25) is 4.79 Å². The molecule has 1 N–H and O–H groups in total. The lowest BCUT2D eigenvalue weighted by Crippen LogP contribution is -2.15. The summed E-state index contributed by atoms with van der Waals surface area (Å²) in [7, 11) is 0. The van der Waals surface area contributed by atoms with Crippen molar-refractivity contribution in [2.24, 2.45) is 0 Å². The number of aromatic carboxylic acids is 1. The maximum Gasteiger partial charge on any atom is 0.367 e. The van der Waals surface area contributed by atoms with Crippen LogP contribution < -0.4 is 4.87 Å². The average molecular weight is 236 g/mol. The quantitative estimate of drug-likeness (QED) is 0.864. The van der Waals surface area contributed by atoms with Gasteiger partial charge in [-0.1, -0.05) is 30.3 Å². The van der Waals surface area contributed by atoms with Gasteiger partial charge in [0.1, 0.15) is 0 Å². The molecule has 1 aromatic carbocycles. The van der Waals surface area contributed by atoms with Gasteiger partial charge in [0.15, 0.2) is 0 Å². The van der Waals surface area contributed by atoms with Crippen LogP contribution in [-0.4, -0.2) is 20.9 Å². The maximum absolute atomic E-state index is 11.4. The van der Waals surface area contributed by atoms with Gasteiger partial charge < -0.3 is 5.11 Å². The zero-order valence-corrected chi connectivity index (χ0v) is 8.98. The van der Waals surface area contributed by atoms with E-state index in [0.717, 1.165) is 10.2 Å². The molecule has 0 aliphatic heterocycles. The molecule has 0 amide bonds. The minimum absolute atomic E-state index is 0.180. The second kappa shape index (κ2) is 4.28. The fourth-order valence-electron chi connectivity index (χ4n) is 1.25. The van der Waals surface area contributed by atoms with Crippen molar-refractivity contribution in [3.05, 3.63) is 50.6 Å². The van der Waals surface area contributed by atoms with Gasteiger partial charge in [-0.25, -0.2) is 9.48 Å². The fraction of sp³-hybridized carbons (Fsp3) is 0.100. The summed E-state index contributed by atoms with van der Waals surface area (Å²) in [5.41, 5.74) is 0.909. The normalized spacial score (nSPS) is 10.2. The first kappa shape index (κ1) is 10.6. The molecule has 0 fully saturated rings. The molecule has 0 atom stereocenters. The molecule has 1 heterocycles. The highest BCUT2D eigenvalue weighted by molar-refractivity contribution is 7.10. The Morgan fingerprint density at radius 3 is 2.62 bits per heavy atom. The van der Waals surface area contributed by atoms with Gasteiger partial charge in [-0.15, -0.1) is 0 Å². The molecule has 0 aliphatic carbocycles. The summed E-state index contributed by atoms with van der Waals surface area (Å²) in [5.74, 6) is -1.17. The molecule has 0 saturated carbocycles. The Morgan fingerprint density at radius 1 is 1.38 bits per heavy atom. The average Bonchev–Trinajstić information content (AvgIpc) is 2.62. The molecule has 16 heavy (non-hydrogen) atoms. The number of nitrogens with zero attached hydrogens (tertiary/aromatic N) is 2. The molecule has 6 heteroatoms. The molecule has 0 bridgehead atoms. The summed E-state index contributed by atoms with van der Waals surface area (Å²) >= 11 is 0.638. The molecule has 5 nitrogen and oxygen atoms in total. The predicted octanol–water partition coefficient (Wildman–Crippen LogP) is 1.05. The second-order valence-corrected chi connectivity index (χ2v) is 4.06. The third-order valence-electron chi connectivity index (χ3n) is 1.96. The van der Waals surface area contributed by atoms with Crippen molar-refractivity contribution in [3.63, 3.8) is 0 Å². The van der Waals surface area contributed by atoms with Crippen molar-refractivity contribution in [2.75, 3.05) is 0 Å². The summed E-state index contributed by atoms with van der Waals surface area (Å²) in [5, 5.41) is 12.2. The van der Waals surface area contributed by atoms with Crippen molar-refractivity contribution in [1.82, 2.24) is 9.78 Å². The lowest BCUT2D eigenvalue weighted by Gasteiger charge is -1.98. The van der Waals surface area contributed by atoms with E-state index in [0.29, 0.717) is 17.9 Å². The van der Waals surface area contributed by atoms with E-state index in [-0.39, 0.29) is 9.88 Å². The van der Waals surface area contributed by atoms with E-state index in [2.05, 4.69) is 5.10 Å². The molecule has 82 valence electrons. The Balaban J connectivity index is 2.29. The largest absolute Gasteiger partial charge is 0.476 e. The first-order chi connectivity index (χ1) is 7.66. The van der Waals surface area contributed by atoms with Gasteiger partial charge in [0.2, 0.25) is 5.01 Å². The summed E-state index contributed by atoms with van der Waals surface area (Å²) in [6.07, 6.45) is 0. The van der Waals surface area contributed by atoms with Crippen molar-refractivity contribution in [2.45, 2.75) is 6.54 Å². The topological polar surface area (TPSA) is 72.2 Å². The third-order valence-corrected chi connectivity index (χ3v) is 2.80. The number of carboxylic acids is 1. The second-order valence-electron chi connectivity index (χ2n) is 3.12. The minimum atomic E-state index is -1.17. The van der Waals surface area contributed by atoms with Crippen molar-refractivity contribution < 1.29 is 9.90 Å². The lowest BCUT2D eigenvalue weighted by atomic mass is 10.2. The van der Waals surface area contributed by atoms with Gasteiger partial charge in [-0.2, -0.15) is 5.10 Å². The Hall–Kier alpha value is -1.95. The van der Waals surface area contributed by atoms with Gasteiger partial charge in [0.25, 0.3) is 0 Å². The number of benzene rings is 1. The Labute approximate surface area is 94.6 Å². The first-order valence-electron chi connectivity index (χ1n) is 4.52. The highest BCUT2D eigenvalue weighted by atomic mass is 32.1. The van der Waals surface area contributed by atoms with Crippen LogP contribution in [-0.2, 0) is 6.54 Å². The Bertz CT molecular complexity index is 559. The Morgan fingerprint density at radius 2 is 2.06 bits per heavy atom. The smallest absolute Gasteiger partial charge is 0.367 e. The van der Waals surface area contributed by atoms with Crippen LogP contribution in [0.25, 0.3) is 0 Å². The molecule has 0 aliphatic rings. The molecule has 0 unspecified atom stereocenters. The van der Waals surface area contributed by atoms with E-state index in [1.54, 1.807) is 0 Å². The summed E-state index contributed by atoms with van der Waals surface area (Å²) in [4.78, 5) is 21.7. The SMILES string of the molecule is O=C(O)c1nn(Cc2ccccc2)c(=O)s1. The van der Waals surface area contributed by atoms with E-state index in [9.17, 15) is 9.59 Å². The first-order valence-corrected chi connectivity index (χ1v) is 5.33. The van der Waals surface area contributed by atoms with Crippen LogP contribution in [0.5, 0.6) is 0 Å². The van der Waals surface area contributed by atoms with E-state index in [1.165, 1.54) is 0 Å². The Kier molecular flexibility index (Phi) is 2.82. The molecule has 1 aromatic heterocycles. The van der Waals surface area contributed by atoms with Crippen LogP contribution in [0, 0.1) is 0 Å². The third kappa shape index (κ3) is 2.17. The monoisotopic (exact) mass is 236 g/mol. The zero-order chi connectivity index (χ0) is 11.5. The molecule has 0 saturated heterocycles. The van der Waals surface area contributed by atoms with Gasteiger partial charge in [0.05, 0.1) is 6.54 Å². The predicted molar refractivity (Wildman–Crippen MR) is 58.9 cm³/mol. The number of carboxylic acid groups (broad SMARTS) is 1. The minimum Gasteiger partial charge on any atom is -0.476 e. The lowest BCUT2D eigenvalue weighted by molar-refractivity contribution is 0.0694. The van der Waals surface area contributed by atoms with Crippen LogP contribution in [0.4, 0.5) is 0 Å². The van der Waals surface area contributed by atoms with Gasteiger partial charge >= 0.3 is 10.8 Å². The van der Waals surface area contributed by atoms with Crippen LogP contribution >= 0.6 is 11.3 Å². The fourth-order valence-corrected chi connectivity index (χ4v) is 1.85. The molecule has 0 spiro atoms. The van der Waals surface area contributed by atoms with E-state index in [4.69, 9.17) is 5.11 Å². The van der Waals surface area contributed by atoms with E-state index < -0.39 is 5.97 Å². The molecule has 0 radical (unpaired) electrons. The van der Waals surface area contributed by atoms with E-state index >= 15 is 0 Å². The standard InChI is InChI=1S/C10H8N2O3S/c13-9(14)8-11-12(10(15)16-8)6-7-4-2-1-3-5-7/h1-5H,6H2,(H,13,14). The van der Waals surface area contributed by atoms with Gasteiger partial charge in [0, 0.05) is 0 Å². The van der Waals surface area contributed by atoms with Crippen molar-refractivity contribution in [1.29, 1.82) is 0 Å². The van der Waals surface area contributed by atoms with E-state index in [1.807, 2.05) is 30.3 Å². The molecule has 2 rings (SSSR count). The number of rotatable bonds is 3. The number of hydrogen-bond acceptors (Lipinski definition) is 4. The summed E-state index contributed by atoms with van der Waals surface area (Å²) < 4.78 is 1.16. The highest BCUT2D eigenvalue weighted by Crippen LogP contribution is 2.03. The number of carbonyl (C=O) groups is 1. The number of hydrogen-bond donors (Lipinski definition) is 1. The zero-order valence-electron chi connectivity index (χ0n) is 8.16. The van der Waals surface area contributed by atoms with Crippen molar-refractivity contribution in [3.8, 4) is 0 Å². The summed E-state index contributed by atoms with van der Waals surface area (Å²) in [6, 6.07) is 9.28. The highest BCUT2D eigenvalue weighted by Gasteiger charge is 2.12. The van der Waals surface area contributed by atoms with Crippen LogP contribution in [0.3, 0.4) is 0 Å². The van der Waals surface area contributed by atoms with Crippen LogP contribution in [0.1, 0.15) is 15.4 Å². The summed E-state index contributed by atoms with van der Waals surface area (Å²) in [6.45, 7) is 0.295. The molecule has 2 aromatic rings.